The van der Waals surface area contributed by atoms with Gasteiger partial charge in [0.05, 0.1) is 11.0 Å². The molecule has 0 aliphatic carbocycles. The van der Waals surface area contributed by atoms with E-state index in [4.69, 9.17) is 21.1 Å². The Morgan fingerprint density at radius 3 is 2.65 bits per heavy atom. The highest BCUT2D eigenvalue weighted by Gasteiger charge is 2.24. The number of carbonyl (C=O) groups is 2. The SMILES string of the molecule is CN(CC(=O)OCC(=O)NC[C@H]1CCCO1)S(=O)(=O)c1ccc(Cl)cc1. The first-order valence-corrected chi connectivity index (χ1v) is 9.86. The molecule has 1 saturated heterocycles. The number of halogens is 1. The Morgan fingerprint density at radius 1 is 1.35 bits per heavy atom. The number of rotatable bonds is 8. The van der Waals surface area contributed by atoms with Gasteiger partial charge in [-0.3, -0.25) is 9.59 Å². The van der Waals surface area contributed by atoms with E-state index in [9.17, 15) is 18.0 Å². The number of hydrogen-bond acceptors (Lipinski definition) is 6. The van der Waals surface area contributed by atoms with Crippen molar-refractivity contribution in [3.63, 3.8) is 0 Å². The molecule has 1 aromatic rings. The van der Waals surface area contributed by atoms with Crippen LogP contribution >= 0.6 is 11.6 Å². The molecule has 26 heavy (non-hydrogen) atoms. The number of nitrogens with zero attached hydrogens (tertiary/aromatic N) is 1. The van der Waals surface area contributed by atoms with Gasteiger partial charge in [-0.05, 0) is 37.1 Å². The minimum absolute atomic E-state index is 0.00602. The van der Waals surface area contributed by atoms with Crippen molar-refractivity contribution >= 4 is 33.5 Å². The van der Waals surface area contributed by atoms with Gasteiger partial charge in [0.1, 0.15) is 6.54 Å². The summed E-state index contributed by atoms with van der Waals surface area (Å²) >= 11 is 5.74. The number of likely N-dealkylation sites (N-methyl/N-ethyl adjacent to an activating group) is 1. The fraction of sp³-hybridized carbons (Fsp3) is 0.500. The van der Waals surface area contributed by atoms with Crippen LogP contribution in [-0.4, -0.2) is 64.1 Å². The largest absolute Gasteiger partial charge is 0.455 e. The van der Waals surface area contributed by atoms with Crippen LogP contribution in [0.25, 0.3) is 0 Å². The zero-order valence-electron chi connectivity index (χ0n) is 14.3. The Hall–Kier alpha value is -1.68. The number of amides is 1. The van der Waals surface area contributed by atoms with Crippen LogP contribution in [0.5, 0.6) is 0 Å². The molecule has 1 aliphatic heterocycles. The summed E-state index contributed by atoms with van der Waals surface area (Å²) in [5.41, 5.74) is 0. The number of ether oxygens (including phenoxy) is 2. The summed E-state index contributed by atoms with van der Waals surface area (Å²) in [6.45, 7) is 0.0650. The lowest BCUT2D eigenvalue weighted by atomic mass is 10.2. The Bertz CT molecular complexity index is 732. The molecule has 8 nitrogen and oxygen atoms in total. The maximum atomic E-state index is 12.3. The third-order valence-electron chi connectivity index (χ3n) is 3.79. The highest BCUT2D eigenvalue weighted by Crippen LogP contribution is 2.17. The van der Waals surface area contributed by atoms with Gasteiger partial charge >= 0.3 is 5.97 Å². The highest BCUT2D eigenvalue weighted by molar-refractivity contribution is 7.89. The van der Waals surface area contributed by atoms with Gasteiger partial charge in [-0.15, -0.1) is 0 Å². The van der Waals surface area contributed by atoms with E-state index in [1.165, 1.54) is 31.3 Å². The van der Waals surface area contributed by atoms with Crippen LogP contribution in [-0.2, 0) is 29.1 Å². The topological polar surface area (TPSA) is 102 Å². The summed E-state index contributed by atoms with van der Waals surface area (Å²) in [6, 6.07) is 5.58. The molecule has 0 bridgehead atoms. The summed E-state index contributed by atoms with van der Waals surface area (Å²) in [6.07, 6.45) is 1.84. The fourth-order valence-corrected chi connectivity index (χ4v) is 3.57. The van der Waals surface area contributed by atoms with Gasteiger partial charge < -0.3 is 14.8 Å². The van der Waals surface area contributed by atoms with Gasteiger partial charge in [-0.2, -0.15) is 4.31 Å². The van der Waals surface area contributed by atoms with Gasteiger partial charge in [0.15, 0.2) is 6.61 Å². The average molecular weight is 405 g/mol. The van der Waals surface area contributed by atoms with Gasteiger partial charge in [0.25, 0.3) is 5.91 Å². The van der Waals surface area contributed by atoms with Crippen molar-refractivity contribution in [1.29, 1.82) is 0 Å². The van der Waals surface area contributed by atoms with Crippen molar-refractivity contribution in [2.45, 2.75) is 23.8 Å². The van der Waals surface area contributed by atoms with Crippen LogP contribution < -0.4 is 5.32 Å². The molecule has 0 spiro atoms. The molecule has 0 radical (unpaired) electrons. The second kappa shape index (κ2) is 9.31. The van der Waals surface area contributed by atoms with Gasteiger partial charge in [0, 0.05) is 25.2 Å². The summed E-state index contributed by atoms with van der Waals surface area (Å²) < 4.78 is 35.7. The Morgan fingerprint density at radius 2 is 2.04 bits per heavy atom. The first-order chi connectivity index (χ1) is 12.3. The van der Waals surface area contributed by atoms with E-state index < -0.39 is 35.1 Å². The number of benzene rings is 1. The van der Waals surface area contributed by atoms with E-state index in [1.807, 2.05) is 0 Å². The third kappa shape index (κ3) is 5.94. The van der Waals surface area contributed by atoms with Crippen LogP contribution in [0.4, 0.5) is 0 Å². The molecule has 1 aliphatic rings. The molecule has 0 saturated carbocycles. The second-order valence-electron chi connectivity index (χ2n) is 5.81. The van der Waals surface area contributed by atoms with Crippen molar-refractivity contribution in [3.05, 3.63) is 29.3 Å². The quantitative estimate of drug-likeness (QED) is 0.643. The Balaban J connectivity index is 1.77. The maximum Gasteiger partial charge on any atom is 0.321 e. The molecule has 0 unspecified atom stereocenters. The molecule has 1 heterocycles. The summed E-state index contributed by atoms with van der Waals surface area (Å²) in [7, 11) is -2.60. The van der Waals surface area contributed by atoms with E-state index in [-0.39, 0.29) is 11.0 Å². The molecule has 1 fully saturated rings. The molecule has 2 rings (SSSR count). The lowest BCUT2D eigenvalue weighted by Crippen LogP contribution is -2.37. The number of nitrogens with one attached hydrogen (secondary N) is 1. The lowest BCUT2D eigenvalue weighted by Gasteiger charge is -2.16. The van der Waals surface area contributed by atoms with Crippen molar-refractivity contribution in [3.8, 4) is 0 Å². The minimum Gasteiger partial charge on any atom is -0.455 e. The normalized spacial score (nSPS) is 17.3. The summed E-state index contributed by atoms with van der Waals surface area (Å²) in [4.78, 5) is 23.5. The van der Waals surface area contributed by atoms with Crippen LogP contribution in [0.3, 0.4) is 0 Å². The van der Waals surface area contributed by atoms with Crippen LogP contribution in [0, 0.1) is 0 Å². The molecule has 0 aromatic heterocycles. The predicted octanol–water partition coefficient (Wildman–Crippen LogP) is 0.799. The highest BCUT2D eigenvalue weighted by atomic mass is 35.5. The van der Waals surface area contributed by atoms with Crippen molar-refractivity contribution < 1.29 is 27.5 Å². The number of sulfonamides is 1. The standard InChI is InChI=1S/C16H21ClN2O6S/c1-19(26(22,23)14-6-4-12(17)5-7-14)10-16(21)25-11-15(20)18-9-13-3-2-8-24-13/h4-7,13H,2-3,8-11H2,1H3,(H,18,20)/t13-/m1/s1. The van der Waals surface area contributed by atoms with Crippen molar-refractivity contribution in [2.24, 2.45) is 0 Å². The van der Waals surface area contributed by atoms with E-state index in [0.29, 0.717) is 18.2 Å². The van der Waals surface area contributed by atoms with E-state index in [1.54, 1.807) is 0 Å². The van der Waals surface area contributed by atoms with E-state index >= 15 is 0 Å². The molecule has 1 amide bonds. The Kier molecular flexibility index (Phi) is 7.39. The average Bonchev–Trinajstić information content (AvgIpc) is 3.12. The minimum atomic E-state index is -3.85. The maximum absolute atomic E-state index is 12.3. The second-order valence-corrected chi connectivity index (χ2v) is 8.30. The molecule has 1 aromatic carbocycles. The summed E-state index contributed by atoms with van der Waals surface area (Å²) in [5.74, 6) is -1.28. The third-order valence-corrected chi connectivity index (χ3v) is 5.86. The lowest BCUT2D eigenvalue weighted by molar-refractivity contribution is -0.148. The molecule has 1 N–H and O–H groups in total. The molecular weight excluding hydrogens is 384 g/mol. The zero-order chi connectivity index (χ0) is 19.2. The predicted molar refractivity (Wildman–Crippen MR) is 94.2 cm³/mol. The molecule has 1 atom stereocenters. The molecular formula is C16H21ClN2O6S. The van der Waals surface area contributed by atoms with Gasteiger partial charge in [-0.25, -0.2) is 8.42 Å². The zero-order valence-corrected chi connectivity index (χ0v) is 15.9. The van der Waals surface area contributed by atoms with Crippen LogP contribution in [0.15, 0.2) is 29.2 Å². The first-order valence-electron chi connectivity index (χ1n) is 8.05. The molecule has 144 valence electrons. The van der Waals surface area contributed by atoms with Gasteiger partial charge in [-0.1, -0.05) is 11.6 Å². The van der Waals surface area contributed by atoms with Gasteiger partial charge in [0.2, 0.25) is 10.0 Å². The monoisotopic (exact) mass is 404 g/mol. The van der Waals surface area contributed by atoms with Crippen LogP contribution in [0.2, 0.25) is 5.02 Å². The first kappa shape index (κ1) is 20.6. The van der Waals surface area contributed by atoms with Crippen molar-refractivity contribution in [1.82, 2.24) is 9.62 Å². The van der Waals surface area contributed by atoms with E-state index in [0.717, 1.165) is 17.1 Å². The van der Waals surface area contributed by atoms with E-state index in [2.05, 4.69) is 5.32 Å². The number of carbonyl (C=O) groups excluding carboxylic acids is 2. The van der Waals surface area contributed by atoms with Crippen LogP contribution in [0.1, 0.15) is 12.8 Å². The fourth-order valence-electron chi connectivity index (χ4n) is 2.33. The number of esters is 1. The smallest absolute Gasteiger partial charge is 0.321 e. The van der Waals surface area contributed by atoms with Crippen molar-refractivity contribution in [2.75, 3.05) is 33.4 Å². The summed E-state index contributed by atoms with van der Waals surface area (Å²) in [5, 5.41) is 3.01. The molecule has 10 heteroatoms. The Labute approximate surface area is 157 Å². The number of hydrogen-bond donors (Lipinski definition) is 1.